The van der Waals surface area contributed by atoms with Gasteiger partial charge in [-0.25, -0.2) is 13.4 Å². The first-order valence-electron chi connectivity index (χ1n) is 6.01. The lowest BCUT2D eigenvalue weighted by Crippen LogP contribution is -2.35. The molecule has 1 aliphatic rings. The van der Waals surface area contributed by atoms with Gasteiger partial charge in [0.25, 0.3) is 0 Å². The molecule has 1 saturated heterocycles. The highest BCUT2D eigenvalue weighted by Crippen LogP contribution is 2.24. The van der Waals surface area contributed by atoms with E-state index in [2.05, 4.69) is 9.88 Å². The Morgan fingerprint density at radius 3 is 2.79 bits per heavy atom. The van der Waals surface area contributed by atoms with Crippen molar-refractivity contribution in [3.05, 3.63) is 17.3 Å². The molecule has 2 rings (SSSR count). The molecule has 0 atom stereocenters. The van der Waals surface area contributed by atoms with E-state index in [0.717, 1.165) is 13.0 Å². The summed E-state index contributed by atoms with van der Waals surface area (Å²) in [5.41, 5.74) is 5.66. The summed E-state index contributed by atoms with van der Waals surface area (Å²) in [6, 6.07) is 1.35. The SMILES string of the molecule is CN1CCCN(S(=O)(=O)c2cc(Cl)cnc2N)CC1. The summed E-state index contributed by atoms with van der Waals surface area (Å²) in [5.74, 6) is -0.0120. The third-order valence-corrected chi connectivity index (χ3v) is 5.28. The van der Waals surface area contributed by atoms with Crippen molar-refractivity contribution in [1.29, 1.82) is 0 Å². The molecule has 0 spiro atoms. The van der Waals surface area contributed by atoms with Crippen LogP contribution in [-0.2, 0) is 10.0 Å². The van der Waals surface area contributed by atoms with Crippen LogP contribution in [0.3, 0.4) is 0 Å². The van der Waals surface area contributed by atoms with Gasteiger partial charge < -0.3 is 10.6 Å². The molecule has 0 aliphatic carbocycles. The molecular formula is C11H17ClN4O2S. The van der Waals surface area contributed by atoms with Crippen LogP contribution in [-0.4, -0.2) is 55.8 Å². The average Bonchev–Trinajstić information content (AvgIpc) is 2.57. The van der Waals surface area contributed by atoms with Crippen molar-refractivity contribution in [3.63, 3.8) is 0 Å². The van der Waals surface area contributed by atoms with Crippen LogP contribution < -0.4 is 5.73 Å². The highest BCUT2D eigenvalue weighted by atomic mass is 35.5. The number of hydrogen-bond donors (Lipinski definition) is 1. The summed E-state index contributed by atoms with van der Waals surface area (Å²) in [4.78, 5) is 5.90. The van der Waals surface area contributed by atoms with Crippen LogP contribution in [0.5, 0.6) is 0 Å². The predicted molar refractivity (Wildman–Crippen MR) is 74.5 cm³/mol. The molecule has 6 nitrogen and oxygen atoms in total. The largest absolute Gasteiger partial charge is 0.383 e. The van der Waals surface area contributed by atoms with Crippen LogP contribution in [0.15, 0.2) is 17.2 Å². The number of hydrogen-bond acceptors (Lipinski definition) is 5. The first-order valence-corrected chi connectivity index (χ1v) is 7.83. The number of sulfonamides is 1. The summed E-state index contributed by atoms with van der Waals surface area (Å²) < 4.78 is 26.5. The third-order valence-electron chi connectivity index (χ3n) is 3.14. The monoisotopic (exact) mass is 304 g/mol. The fourth-order valence-corrected chi connectivity index (χ4v) is 3.83. The van der Waals surface area contributed by atoms with Crippen LogP contribution in [0.4, 0.5) is 5.82 Å². The minimum atomic E-state index is -3.63. The van der Waals surface area contributed by atoms with E-state index in [9.17, 15) is 8.42 Å². The number of rotatable bonds is 2. The number of halogens is 1. The smallest absolute Gasteiger partial charge is 0.246 e. The summed E-state index contributed by atoms with van der Waals surface area (Å²) in [7, 11) is -1.65. The fraction of sp³-hybridized carbons (Fsp3) is 0.545. The van der Waals surface area contributed by atoms with Crippen molar-refractivity contribution in [2.45, 2.75) is 11.3 Å². The minimum Gasteiger partial charge on any atom is -0.383 e. The second kappa shape index (κ2) is 5.62. The Labute approximate surface area is 118 Å². The molecule has 2 heterocycles. The number of pyridine rings is 1. The van der Waals surface area contributed by atoms with Crippen molar-refractivity contribution in [3.8, 4) is 0 Å². The zero-order valence-electron chi connectivity index (χ0n) is 10.7. The first-order chi connectivity index (χ1) is 8.91. The average molecular weight is 305 g/mol. The Kier molecular flexibility index (Phi) is 4.29. The van der Waals surface area contributed by atoms with Gasteiger partial charge in [-0.15, -0.1) is 0 Å². The molecule has 0 saturated carbocycles. The molecule has 0 radical (unpaired) electrons. The van der Waals surface area contributed by atoms with Crippen molar-refractivity contribution in [1.82, 2.24) is 14.2 Å². The van der Waals surface area contributed by atoms with E-state index in [1.165, 1.54) is 16.6 Å². The summed E-state index contributed by atoms with van der Waals surface area (Å²) in [5, 5.41) is 0.264. The van der Waals surface area contributed by atoms with Gasteiger partial charge in [-0.2, -0.15) is 4.31 Å². The maximum atomic E-state index is 12.5. The maximum Gasteiger partial charge on any atom is 0.246 e. The second-order valence-corrected chi connectivity index (χ2v) is 6.94. The lowest BCUT2D eigenvalue weighted by molar-refractivity contribution is 0.347. The zero-order chi connectivity index (χ0) is 14.0. The van der Waals surface area contributed by atoms with Crippen molar-refractivity contribution >= 4 is 27.4 Å². The topological polar surface area (TPSA) is 79.5 Å². The Morgan fingerprint density at radius 2 is 2.05 bits per heavy atom. The fourth-order valence-electron chi connectivity index (χ4n) is 2.04. The minimum absolute atomic E-state index is 0.00967. The quantitative estimate of drug-likeness (QED) is 0.867. The van der Waals surface area contributed by atoms with Gasteiger partial charge in [0.05, 0.1) is 5.02 Å². The highest BCUT2D eigenvalue weighted by Gasteiger charge is 2.28. The standard InChI is InChI=1S/C11H17ClN4O2S/c1-15-3-2-4-16(6-5-15)19(17,18)10-7-9(12)8-14-11(10)13/h7-8H,2-6H2,1H3,(H2,13,14). The van der Waals surface area contributed by atoms with Crippen LogP contribution in [0, 0.1) is 0 Å². The number of likely N-dealkylation sites (N-methyl/N-ethyl adjacent to an activating group) is 1. The maximum absolute atomic E-state index is 12.5. The first kappa shape index (κ1) is 14.5. The van der Waals surface area contributed by atoms with Gasteiger partial charge in [-0.05, 0) is 26.1 Å². The molecule has 8 heteroatoms. The summed E-state index contributed by atoms with van der Waals surface area (Å²) in [6.07, 6.45) is 2.13. The van der Waals surface area contributed by atoms with Crippen LogP contribution in [0.2, 0.25) is 5.02 Å². The molecule has 0 unspecified atom stereocenters. The third kappa shape index (κ3) is 3.17. The number of nitrogens with zero attached hydrogens (tertiary/aromatic N) is 3. The lowest BCUT2D eigenvalue weighted by atomic mass is 10.4. The van der Waals surface area contributed by atoms with E-state index in [1.807, 2.05) is 7.05 Å². The Bertz CT molecular complexity index is 564. The van der Waals surface area contributed by atoms with Gasteiger partial charge in [-0.1, -0.05) is 11.6 Å². The van der Waals surface area contributed by atoms with Gasteiger partial charge in [0, 0.05) is 25.8 Å². The van der Waals surface area contributed by atoms with E-state index < -0.39 is 10.0 Å². The normalized spacial score (nSPS) is 19.3. The number of anilines is 1. The Morgan fingerprint density at radius 1 is 1.32 bits per heavy atom. The van der Waals surface area contributed by atoms with E-state index in [-0.39, 0.29) is 15.7 Å². The van der Waals surface area contributed by atoms with Crippen molar-refractivity contribution in [2.75, 3.05) is 39.0 Å². The Balaban J connectivity index is 2.33. The summed E-state index contributed by atoms with van der Waals surface area (Å²) in [6.45, 7) is 2.52. The van der Waals surface area contributed by atoms with Crippen LogP contribution in [0.1, 0.15) is 6.42 Å². The highest BCUT2D eigenvalue weighted by molar-refractivity contribution is 7.89. The van der Waals surface area contributed by atoms with Gasteiger partial charge in [-0.3, -0.25) is 0 Å². The number of aromatic nitrogens is 1. The van der Waals surface area contributed by atoms with Crippen molar-refractivity contribution < 1.29 is 8.42 Å². The van der Waals surface area contributed by atoms with Gasteiger partial charge in [0.15, 0.2) is 0 Å². The molecule has 1 fully saturated rings. The van der Waals surface area contributed by atoms with Gasteiger partial charge in [0.2, 0.25) is 10.0 Å². The molecule has 1 aromatic heterocycles. The molecule has 2 N–H and O–H groups in total. The van der Waals surface area contributed by atoms with Crippen LogP contribution in [0.25, 0.3) is 0 Å². The lowest BCUT2D eigenvalue weighted by Gasteiger charge is -2.20. The molecule has 0 amide bonds. The van der Waals surface area contributed by atoms with Crippen molar-refractivity contribution in [2.24, 2.45) is 0 Å². The van der Waals surface area contributed by atoms with E-state index in [0.29, 0.717) is 19.6 Å². The van der Waals surface area contributed by atoms with Gasteiger partial charge in [0.1, 0.15) is 10.7 Å². The van der Waals surface area contributed by atoms with E-state index in [1.54, 1.807) is 0 Å². The summed E-state index contributed by atoms with van der Waals surface area (Å²) >= 11 is 5.81. The molecule has 19 heavy (non-hydrogen) atoms. The van der Waals surface area contributed by atoms with E-state index in [4.69, 9.17) is 17.3 Å². The zero-order valence-corrected chi connectivity index (χ0v) is 12.3. The molecule has 0 bridgehead atoms. The molecule has 0 aromatic carbocycles. The number of nitrogen functional groups attached to an aromatic ring is 1. The molecule has 1 aromatic rings. The van der Waals surface area contributed by atoms with Crippen LogP contribution >= 0.6 is 11.6 Å². The van der Waals surface area contributed by atoms with Gasteiger partial charge >= 0.3 is 0 Å². The Hall–Kier alpha value is -0.890. The number of nitrogens with two attached hydrogens (primary N) is 1. The van der Waals surface area contributed by atoms with E-state index >= 15 is 0 Å². The predicted octanol–water partition coefficient (Wildman–Crippen LogP) is 0.643. The molecular weight excluding hydrogens is 288 g/mol. The molecule has 1 aliphatic heterocycles. The molecule has 106 valence electrons. The second-order valence-electron chi connectivity index (χ2n) is 4.60.